The molecule has 0 fully saturated rings. The number of carbonyl (C=O) groups excluding carboxylic acids is 1. The Labute approximate surface area is 278 Å². The summed E-state index contributed by atoms with van der Waals surface area (Å²) in [6.45, 7) is 19.3. The van der Waals surface area contributed by atoms with Crippen molar-refractivity contribution in [2.24, 2.45) is 17.8 Å². The molecule has 3 aromatic carbocycles. The van der Waals surface area contributed by atoms with Gasteiger partial charge in [-0.2, -0.15) is 0 Å². The van der Waals surface area contributed by atoms with Gasteiger partial charge in [0.2, 0.25) is 0 Å². The van der Waals surface area contributed by atoms with Crippen molar-refractivity contribution in [1.82, 2.24) is 4.98 Å². The molecule has 1 aliphatic rings. The molecule has 0 aliphatic heterocycles. The summed E-state index contributed by atoms with van der Waals surface area (Å²) < 4.78 is 0. The molecule has 0 spiro atoms. The molecule has 1 heterocycles. The minimum absolute atomic E-state index is 0. The van der Waals surface area contributed by atoms with E-state index in [1.54, 1.807) is 0 Å². The molecule has 1 aliphatic carbocycles. The predicted molar refractivity (Wildman–Crippen MR) is 181 cm³/mol. The fraction of sp³-hybridized carbons (Fsp3) is 0.400. The maximum atomic E-state index is 11.2. The van der Waals surface area contributed by atoms with Crippen LogP contribution in [0.3, 0.4) is 0 Å². The minimum Gasteiger partial charge on any atom is -0.512 e. The topological polar surface area (TPSA) is 50.2 Å². The normalized spacial score (nSPS) is 13.4. The molecule has 3 nitrogen and oxygen atoms in total. The summed E-state index contributed by atoms with van der Waals surface area (Å²) in [6.07, 6.45) is 3.51. The molecule has 235 valence electrons. The quantitative estimate of drug-likeness (QED) is 0.110. The number of ketones is 1. The van der Waals surface area contributed by atoms with Crippen LogP contribution in [0.25, 0.3) is 33.3 Å². The first-order valence-electron chi connectivity index (χ1n) is 15.7. The van der Waals surface area contributed by atoms with Crippen molar-refractivity contribution in [2.45, 2.75) is 87.0 Å². The molecule has 5 rings (SSSR count). The number of nitrogens with zero attached hydrogens (tertiary/aromatic N) is 1. The summed E-state index contributed by atoms with van der Waals surface area (Å²) in [6, 6.07) is 25.6. The van der Waals surface area contributed by atoms with E-state index in [1.807, 2.05) is 33.8 Å². The summed E-state index contributed by atoms with van der Waals surface area (Å²) >= 11 is 0. The van der Waals surface area contributed by atoms with E-state index in [0.29, 0.717) is 30.6 Å². The van der Waals surface area contributed by atoms with Crippen LogP contribution < -0.4 is 0 Å². The second-order valence-electron chi connectivity index (χ2n) is 13.9. The molecule has 0 unspecified atom stereocenters. The molecule has 0 atom stereocenters. The van der Waals surface area contributed by atoms with Crippen LogP contribution in [0, 0.1) is 30.7 Å². The Hall–Kier alpha value is -3.07. The Morgan fingerprint density at radius 2 is 1.57 bits per heavy atom. The average molecular weight is 767 g/mol. The minimum atomic E-state index is -0.00794. The maximum Gasteiger partial charge on any atom is 0.159 e. The summed E-state index contributed by atoms with van der Waals surface area (Å²) in [5.74, 6) is 1.56. The zero-order valence-electron chi connectivity index (χ0n) is 27.8. The van der Waals surface area contributed by atoms with Gasteiger partial charge in [0, 0.05) is 49.8 Å². The van der Waals surface area contributed by atoms with Gasteiger partial charge in [-0.3, -0.25) is 9.78 Å². The molecule has 0 saturated heterocycles. The van der Waals surface area contributed by atoms with Gasteiger partial charge in [-0.15, -0.1) is 35.4 Å². The van der Waals surface area contributed by atoms with E-state index in [2.05, 4.69) is 95.3 Å². The number of hydrogen-bond donors (Lipinski definition) is 1. The van der Waals surface area contributed by atoms with Crippen molar-refractivity contribution in [2.75, 3.05) is 0 Å². The van der Waals surface area contributed by atoms with Crippen LogP contribution in [0.4, 0.5) is 0 Å². The van der Waals surface area contributed by atoms with Crippen molar-refractivity contribution < 1.29 is 30.0 Å². The smallest absolute Gasteiger partial charge is 0.159 e. The molecular weight excluding hydrogens is 719 g/mol. The number of allylic oxidation sites excluding steroid dienone is 2. The number of aliphatic hydroxyl groups excluding tert-OH is 1. The van der Waals surface area contributed by atoms with Crippen LogP contribution in [-0.4, -0.2) is 15.9 Å². The summed E-state index contributed by atoms with van der Waals surface area (Å²) in [5.41, 5.74) is 11.3. The van der Waals surface area contributed by atoms with E-state index in [9.17, 15) is 9.90 Å². The first-order valence-corrected chi connectivity index (χ1v) is 15.7. The van der Waals surface area contributed by atoms with E-state index in [-0.39, 0.29) is 37.1 Å². The van der Waals surface area contributed by atoms with Crippen molar-refractivity contribution in [3.63, 3.8) is 0 Å². The van der Waals surface area contributed by atoms with Gasteiger partial charge in [0.05, 0.1) is 11.3 Å². The van der Waals surface area contributed by atoms with E-state index < -0.39 is 0 Å². The number of aromatic nitrogens is 1. The van der Waals surface area contributed by atoms with Gasteiger partial charge in [0.1, 0.15) is 0 Å². The second kappa shape index (κ2) is 14.8. The van der Waals surface area contributed by atoms with Crippen LogP contribution >= 0.6 is 0 Å². The molecule has 0 saturated carbocycles. The van der Waals surface area contributed by atoms with Gasteiger partial charge < -0.3 is 5.11 Å². The van der Waals surface area contributed by atoms with E-state index in [0.717, 1.165) is 23.2 Å². The number of aryl methyl sites for hydroxylation is 1. The first kappa shape index (κ1) is 35.4. The third kappa shape index (κ3) is 8.34. The average Bonchev–Trinajstić information content (AvgIpc) is 3.13. The number of fused-ring (bicyclic) bond motifs is 4. The van der Waals surface area contributed by atoms with Crippen LogP contribution in [0.15, 0.2) is 72.5 Å². The summed E-state index contributed by atoms with van der Waals surface area (Å²) in [7, 11) is 0. The monoisotopic (exact) mass is 767 g/mol. The van der Waals surface area contributed by atoms with Gasteiger partial charge in [0.15, 0.2) is 5.78 Å². The van der Waals surface area contributed by atoms with Gasteiger partial charge in [-0.05, 0) is 69.8 Å². The SMILES string of the molecule is CC(C)CC(=O)/C=C(\O)CC(C)C.Cc1c[c-]c(-c2cc(CC(C)C)c3cc4c(cc3n2)C(C)(C)c2ccccc2-4)cc1.[Ir]. The second-order valence-corrected chi connectivity index (χ2v) is 13.9. The first-order chi connectivity index (χ1) is 20.3. The number of pyridine rings is 1. The van der Waals surface area contributed by atoms with Crippen molar-refractivity contribution in [3.8, 4) is 22.4 Å². The van der Waals surface area contributed by atoms with Gasteiger partial charge in [0.25, 0.3) is 0 Å². The zero-order chi connectivity index (χ0) is 31.5. The van der Waals surface area contributed by atoms with E-state index >= 15 is 0 Å². The molecule has 0 bridgehead atoms. The third-order valence-corrected chi connectivity index (χ3v) is 8.02. The largest absolute Gasteiger partial charge is 0.512 e. The number of hydrogen-bond acceptors (Lipinski definition) is 3. The summed E-state index contributed by atoms with van der Waals surface area (Å²) in [5, 5.41) is 10.6. The van der Waals surface area contributed by atoms with Gasteiger partial charge in [-0.25, -0.2) is 0 Å². The Morgan fingerprint density at radius 3 is 2.18 bits per heavy atom. The van der Waals surface area contributed by atoms with Crippen molar-refractivity contribution in [3.05, 3.63) is 101 Å². The van der Waals surface area contributed by atoms with Gasteiger partial charge in [-0.1, -0.05) is 92.6 Å². The Morgan fingerprint density at radius 1 is 0.886 bits per heavy atom. The Bertz CT molecular complexity index is 1630. The van der Waals surface area contributed by atoms with Crippen LogP contribution in [0.2, 0.25) is 0 Å². The Balaban J connectivity index is 0.000000324. The number of aliphatic hydroxyl groups is 1. The number of carbonyl (C=O) groups is 1. The maximum absolute atomic E-state index is 11.2. The molecule has 4 heteroatoms. The molecular formula is C40H48IrNO2-. The van der Waals surface area contributed by atoms with E-state index in [4.69, 9.17) is 4.98 Å². The summed E-state index contributed by atoms with van der Waals surface area (Å²) in [4.78, 5) is 16.3. The molecule has 4 aromatic rings. The number of benzene rings is 3. The molecule has 1 aromatic heterocycles. The predicted octanol–water partition coefficient (Wildman–Crippen LogP) is 10.6. The molecule has 1 N–H and O–H groups in total. The van der Waals surface area contributed by atoms with E-state index in [1.165, 1.54) is 44.8 Å². The van der Waals surface area contributed by atoms with Gasteiger partial charge >= 0.3 is 0 Å². The van der Waals surface area contributed by atoms with Crippen LogP contribution in [0.1, 0.15) is 90.5 Å². The van der Waals surface area contributed by atoms with Crippen molar-refractivity contribution in [1.29, 1.82) is 0 Å². The molecule has 44 heavy (non-hydrogen) atoms. The fourth-order valence-electron chi connectivity index (χ4n) is 6.02. The molecule has 1 radical (unpaired) electrons. The molecule has 0 amide bonds. The standard InChI is InChI=1S/C29H28N.C11H20O2.Ir/c1-18(2)14-21-15-27(20-12-10-19(3)11-13-20)30-28-17-26-24(16-23(21)28)22-8-6-7-9-25(22)29(26,4)5;1-8(2)5-10(12)7-11(13)6-9(3)4;/h6-12,15-18H,14H2,1-5H3;7-9,12H,5-6H2,1-4H3;/q-1;;/b;10-7-;. The fourth-order valence-corrected chi connectivity index (χ4v) is 6.02. The van der Waals surface area contributed by atoms with Crippen molar-refractivity contribution >= 4 is 16.7 Å². The zero-order valence-corrected chi connectivity index (χ0v) is 30.2. The third-order valence-electron chi connectivity index (χ3n) is 8.02. The number of rotatable bonds is 8. The Kier molecular flexibility index (Phi) is 11.9. The van der Waals surface area contributed by atoms with Crippen LogP contribution in [0.5, 0.6) is 0 Å². The van der Waals surface area contributed by atoms with Crippen LogP contribution in [-0.2, 0) is 36.7 Å².